The maximum Gasteiger partial charge on any atom is 0.245 e. The highest BCUT2D eigenvalue weighted by molar-refractivity contribution is 7.09. The molecule has 2 aliphatic heterocycles. The van der Waals surface area contributed by atoms with Gasteiger partial charge in [0.1, 0.15) is 11.0 Å². The van der Waals surface area contributed by atoms with Crippen LogP contribution in [0.25, 0.3) is 0 Å². The average Bonchev–Trinajstić information content (AvgIpc) is 4.01. The minimum atomic E-state index is -0.771. The van der Waals surface area contributed by atoms with Crippen molar-refractivity contribution in [3.05, 3.63) is 52.5 Å². The summed E-state index contributed by atoms with van der Waals surface area (Å²) < 4.78 is 12.2. The summed E-state index contributed by atoms with van der Waals surface area (Å²) in [6.07, 6.45) is 3.46. The molecule has 0 spiro atoms. The molecule has 366 valence electrons. The van der Waals surface area contributed by atoms with Crippen LogP contribution in [0.2, 0.25) is 0 Å². The van der Waals surface area contributed by atoms with Gasteiger partial charge in [0.2, 0.25) is 23.6 Å². The topological polar surface area (TPSA) is 140 Å². The summed E-state index contributed by atoms with van der Waals surface area (Å²) in [4.78, 5) is 72.6. The van der Waals surface area contributed by atoms with Gasteiger partial charge in [-0.25, -0.2) is 4.98 Å². The van der Waals surface area contributed by atoms with E-state index in [2.05, 4.69) is 71.9 Å². The second-order valence-electron chi connectivity index (χ2n) is 19.6. The van der Waals surface area contributed by atoms with Crippen molar-refractivity contribution in [2.75, 3.05) is 74.1 Å². The number of aromatic nitrogens is 1. The van der Waals surface area contributed by atoms with Crippen molar-refractivity contribution in [1.29, 1.82) is 0 Å². The highest BCUT2D eigenvalue weighted by Crippen LogP contribution is 2.31. The van der Waals surface area contributed by atoms with E-state index in [4.69, 9.17) is 9.47 Å². The molecule has 0 radical (unpaired) electrons. The lowest BCUT2D eigenvalue weighted by molar-refractivity contribution is -0.148. The maximum absolute atomic E-state index is 14.7. The average molecular weight is 925 g/mol. The zero-order valence-corrected chi connectivity index (χ0v) is 42.8. The van der Waals surface area contributed by atoms with Gasteiger partial charge in [0.05, 0.1) is 48.7 Å². The lowest BCUT2D eigenvalue weighted by Crippen LogP contribution is -2.60. The molecule has 1 aromatic heterocycles. The quantitative estimate of drug-likeness (QED) is 0.130. The fourth-order valence-corrected chi connectivity index (χ4v) is 10.7. The molecule has 9 atom stereocenters. The number of likely N-dealkylation sites (N-methyl/N-ethyl adjacent to an activating group) is 2. The molecule has 14 nitrogen and oxygen atoms in total. The molecule has 15 heteroatoms. The third kappa shape index (κ3) is 14.8. The summed E-state index contributed by atoms with van der Waals surface area (Å²) in [5.74, 6) is -1.36. The van der Waals surface area contributed by atoms with Crippen molar-refractivity contribution in [3.8, 4) is 0 Å². The zero-order chi connectivity index (χ0) is 48.0. The smallest absolute Gasteiger partial charge is 0.245 e. The second-order valence-corrected chi connectivity index (χ2v) is 20.5. The normalized spacial score (nSPS) is 20.1. The van der Waals surface area contributed by atoms with Crippen LogP contribution in [0.15, 0.2) is 41.9 Å². The number of rotatable bonds is 25. The van der Waals surface area contributed by atoms with Gasteiger partial charge in [0.25, 0.3) is 0 Å². The van der Waals surface area contributed by atoms with Gasteiger partial charge < -0.3 is 29.9 Å². The number of methoxy groups -OCH3 is 2. The van der Waals surface area contributed by atoms with E-state index in [0.717, 1.165) is 62.7 Å². The predicted octanol–water partition coefficient (Wildman–Crippen LogP) is 5.59. The molecule has 1 aromatic carbocycles. The van der Waals surface area contributed by atoms with Crippen LogP contribution in [-0.2, 0) is 35.1 Å². The number of thiazole rings is 1. The van der Waals surface area contributed by atoms with Crippen LogP contribution in [0.1, 0.15) is 105 Å². The Morgan fingerprint density at radius 1 is 0.877 bits per heavy atom. The third-order valence-corrected chi connectivity index (χ3v) is 15.0. The Morgan fingerprint density at radius 2 is 1.55 bits per heavy atom. The minimum absolute atomic E-state index is 0.0198. The monoisotopic (exact) mass is 925 g/mol. The molecule has 4 rings (SSSR count). The molecule has 4 amide bonds. The first kappa shape index (κ1) is 54.1. The highest BCUT2D eigenvalue weighted by Gasteiger charge is 2.43. The van der Waals surface area contributed by atoms with E-state index in [1.165, 1.54) is 11.3 Å². The summed E-state index contributed by atoms with van der Waals surface area (Å²) in [5.41, 5.74) is 1.09. The Hall–Kier alpha value is -3.47. The zero-order valence-electron chi connectivity index (χ0n) is 42.0. The predicted molar refractivity (Wildman–Crippen MR) is 260 cm³/mol. The van der Waals surface area contributed by atoms with Gasteiger partial charge in [-0.3, -0.25) is 33.9 Å². The van der Waals surface area contributed by atoms with E-state index in [0.29, 0.717) is 25.4 Å². The first-order valence-electron chi connectivity index (χ1n) is 24.3. The van der Waals surface area contributed by atoms with Gasteiger partial charge in [0.15, 0.2) is 0 Å². The van der Waals surface area contributed by atoms with Gasteiger partial charge in [-0.05, 0) is 63.5 Å². The highest BCUT2D eigenvalue weighted by atomic mass is 32.1. The van der Waals surface area contributed by atoms with Gasteiger partial charge in [-0.1, -0.05) is 85.2 Å². The Morgan fingerprint density at radius 3 is 2.11 bits per heavy atom. The fourth-order valence-electron chi connectivity index (χ4n) is 9.99. The van der Waals surface area contributed by atoms with E-state index in [9.17, 15) is 19.2 Å². The van der Waals surface area contributed by atoms with Gasteiger partial charge in [-0.2, -0.15) is 0 Å². The number of benzene rings is 1. The number of nitrogens with zero attached hydrogens (tertiary/aromatic N) is 6. The van der Waals surface area contributed by atoms with Crippen LogP contribution in [0.5, 0.6) is 0 Å². The first-order chi connectivity index (χ1) is 30.9. The van der Waals surface area contributed by atoms with Crippen LogP contribution >= 0.6 is 11.3 Å². The SMILES string of the molecule is CC[C@H](C)[C@@H]([C@@H](CC(=O)N1CCC[C@H]1[C@H](OC)[C@@H](C)C(=O)N[C@@H](Cc1ccccc1)c1nccs1)OC)N(C)C(=O)[C@@H](NC(=O)[C@H](C(C)C)N(C)CCN1CCN(C(C)C)CC1)C(C)C. The Balaban J connectivity index is 1.44. The molecule has 0 bridgehead atoms. The molecule has 2 fully saturated rings. The van der Waals surface area contributed by atoms with E-state index in [-0.39, 0.29) is 59.9 Å². The third-order valence-electron chi connectivity index (χ3n) is 14.1. The van der Waals surface area contributed by atoms with Crippen molar-refractivity contribution in [2.24, 2.45) is 23.7 Å². The Bertz CT molecular complexity index is 1740. The van der Waals surface area contributed by atoms with Crippen molar-refractivity contribution in [2.45, 2.75) is 143 Å². The van der Waals surface area contributed by atoms with E-state index < -0.39 is 36.3 Å². The molecule has 2 aromatic rings. The van der Waals surface area contributed by atoms with Gasteiger partial charge >= 0.3 is 0 Å². The number of hydrogen-bond acceptors (Lipinski definition) is 11. The minimum Gasteiger partial charge on any atom is -0.379 e. The van der Waals surface area contributed by atoms with Crippen LogP contribution < -0.4 is 10.6 Å². The van der Waals surface area contributed by atoms with Crippen molar-refractivity contribution in [3.63, 3.8) is 0 Å². The number of carbonyl (C=O) groups excluding carboxylic acids is 4. The molecular formula is C50H84N8O6S. The van der Waals surface area contributed by atoms with Crippen LogP contribution in [0.4, 0.5) is 0 Å². The number of amides is 4. The number of piperazine rings is 1. The van der Waals surface area contributed by atoms with Crippen molar-refractivity contribution in [1.82, 2.24) is 40.1 Å². The Kier molecular flexibility index (Phi) is 21.8. The molecule has 2 aliphatic rings. The summed E-state index contributed by atoms with van der Waals surface area (Å²) in [7, 11) is 6.99. The first-order valence-corrected chi connectivity index (χ1v) is 25.1. The molecular weight excluding hydrogens is 841 g/mol. The summed E-state index contributed by atoms with van der Waals surface area (Å²) in [6.45, 7) is 24.8. The molecule has 2 N–H and O–H groups in total. The number of ether oxygens (including phenoxy) is 2. The van der Waals surface area contributed by atoms with E-state index in [1.54, 1.807) is 32.4 Å². The van der Waals surface area contributed by atoms with E-state index >= 15 is 0 Å². The summed E-state index contributed by atoms with van der Waals surface area (Å²) in [6, 6.07) is 8.33. The number of nitrogens with one attached hydrogen (secondary N) is 2. The van der Waals surface area contributed by atoms with E-state index in [1.807, 2.05) is 68.4 Å². The van der Waals surface area contributed by atoms with Crippen LogP contribution in [0, 0.1) is 23.7 Å². The summed E-state index contributed by atoms with van der Waals surface area (Å²) in [5, 5.41) is 9.18. The maximum atomic E-state index is 14.7. The molecule has 0 unspecified atom stereocenters. The molecule has 0 aliphatic carbocycles. The standard InChI is InChI=1S/C50H84N8O6S/c1-14-36(8)45(55(11)50(62)43(33(2)3)53-48(61)44(34(4)5)54(10)24-25-56-26-28-57(29-27-56)35(6)7)41(63-12)32-42(59)58-23-18-21-40(58)46(64-13)37(9)47(60)52-39(49-51-22-30-65-49)31-38-19-16-15-17-20-38/h15-17,19-20,22,30,33-37,39-41,43-46H,14,18,21,23-29,31-32H2,1-13H3,(H,52,60)(H,53,61)/t36-,37+,39-,40-,41+,43-,44-,45-,46+/m0/s1. The lowest BCUT2D eigenvalue weighted by atomic mass is 9.89. The van der Waals surface area contributed by atoms with Gasteiger partial charge in [0, 0.05) is 84.7 Å². The number of likely N-dealkylation sites (tertiary alicyclic amines) is 1. The molecule has 3 heterocycles. The lowest BCUT2D eigenvalue weighted by Gasteiger charge is -2.41. The summed E-state index contributed by atoms with van der Waals surface area (Å²) >= 11 is 1.51. The number of hydrogen-bond donors (Lipinski definition) is 2. The molecule has 65 heavy (non-hydrogen) atoms. The number of carbonyl (C=O) groups is 4. The molecule has 0 saturated carbocycles. The second kappa shape index (κ2) is 26.2. The largest absolute Gasteiger partial charge is 0.379 e. The van der Waals surface area contributed by atoms with Gasteiger partial charge in [-0.15, -0.1) is 11.3 Å². The van der Waals surface area contributed by atoms with Crippen LogP contribution in [0.3, 0.4) is 0 Å². The Labute approximate surface area is 395 Å². The van der Waals surface area contributed by atoms with Crippen molar-refractivity contribution < 1.29 is 28.7 Å². The molecule has 2 saturated heterocycles. The van der Waals surface area contributed by atoms with Crippen molar-refractivity contribution >= 4 is 35.0 Å². The van der Waals surface area contributed by atoms with Crippen LogP contribution in [-0.4, -0.2) is 170 Å². The fraction of sp³-hybridized carbons (Fsp3) is 0.740.